The SMILES string of the molecule is CN=C(NCc1cc(OC)c(OC)c(OC)c1)N1CCN(C(=O)C2CCCO2)CC1. The lowest BCUT2D eigenvalue weighted by Gasteiger charge is -2.37. The summed E-state index contributed by atoms with van der Waals surface area (Å²) in [5, 5.41) is 3.39. The number of ether oxygens (including phenoxy) is 4. The zero-order valence-corrected chi connectivity index (χ0v) is 18.3. The van der Waals surface area contributed by atoms with E-state index >= 15 is 0 Å². The van der Waals surface area contributed by atoms with Crippen LogP contribution in [0.4, 0.5) is 0 Å². The predicted octanol–water partition coefficient (Wildman–Crippen LogP) is 1.11. The zero-order chi connectivity index (χ0) is 21.5. The molecule has 0 spiro atoms. The second-order valence-corrected chi connectivity index (χ2v) is 7.25. The van der Waals surface area contributed by atoms with Crippen molar-refractivity contribution in [2.75, 3.05) is 61.2 Å². The molecular formula is C21H32N4O5. The molecule has 2 heterocycles. The fourth-order valence-electron chi connectivity index (χ4n) is 3.87. The Hall–Kier alpha value is -2.68. The second kappa shape index (κ2) is 10.4. The maximum atomic E-state index is 12.5. The number of carbonyl (C=O) groups excluding carboxylic acids is 1. The molecule has 2 fully saturated rings. The minimum Gasteiger partial charge on any atom is -0.493 e. The van der Waals surface area contributed by atoms with E-state index in [0.29, 0.717) is 43.5 Å². The summed E-state index contributed by atoms with van der Waals surface area (Å²) in [6, 6.07) is 3.83. The molecule has 9 nitrogen and oxygen atoms in total. The normalized spacial score (nSPS) is 19.6. The Morgan fingerprint density at radius 2 is 1.73 bits per heavy atom. The second-order valence-electron chi connectivity index (χ2n) is 7.25. The molecule has 2 aliphatic heterocycles. The number of amides is 1. The van der Waals surface area contributed by atoms with Gasteiger partial charge in [0.25, 0.3) is 5.91 Å². The van der Waals surface area contributed by atoms with Crippen molar-refractivity contribution >= 4 is 11.9 Å². The average molecular weight is 421 g/mol. The van der Waals surface area contributed by atoms with E-state index in [1.807, 2.05) is 17.0 Å². The Balaban J connectivity index is 1.57. The summed E-state index contributed by atoms with van der Waals surface area (Å²) in [5.74, 6) is 2.72. The van der Waals surface area contributed by atoms with Crippen LogP contribution >= 0.6 is 0 Å². The number of methoxy groups -OCH3 is 3. The van der Waals surface area contributed by atoms with Crippen molar-refractivity contribution in [1.82, 2.24) is 15.1 Å². The Kier molecular flexibility index (Phi) is 7.62. The first-order valence-corrected chi connectivity index (χ1v) is 10.3. The van der Waals surface area contributed by atoms with Crippen LogP contribution in [-0.4, -0.2) is 88.9 Å². The molecule has 2 aliphatic rings. The number of hydrogen-bond acceptors (Lipinski definition) is 6. The molecule has 0 aliphatic carbocycles. The maximum absolute atomic E-state index is 12.5. The fraction of sp³-hybridized carbons (Fsp3) is 0.619. The number of guanidine groups is 1. The lowest BCUT2D eigenvalue weighted by Crippen LogP contribution is -2.55. The van der Waals surface area contributed by atoms with Gasteiger partial charge >= 0.3 is 0 Å². The summed E-state index contributed by atoms with van der Waals surface area (Å²) in [6.45, 7) is 4.04. The van der Waals surface area contributed by atoms with Gasteiger partial charge in [-0.25, -0.2) is 0 Å². The average Bonchev–Trinajstić information content (AvgIpc) is 3.33. The lowest BCUT2D eigenvalue weighted by molar-refractivity contribution is -0.142. The predicted molar refractivity (Wildman–Crippen MR) is 113 cm³/mol. The molecule has 2 saturated heterocycles. The molecular weight excluding hydrogens is 388 g/mol. The number of nitrogens with one attached hydrogen (secondary N) is 1. The Morgan fingerprint density at radius 3 is 2.23 bits per heavy atom. The quantitative estimate of drug-likeness (QED) is 0.545. The molecule has 0 aromatic heterocycles. The van der Waals surface area contributed by atoms with Crippen LogP contribution in [0.15, 0.2) is 17.1 Å². The number of hydrogen-bond donors (Lipinski definition) is 1. The van der Waals surface area contributed by atoms with Gasteiger partial charge in [0.1, 0.15) is 6.10 Å². The number of rotatable bonds is 6. The third-order valence-electron chi connectivity index (χ3n) is 5.48. The molecule has 1 atom stereocenters. The van der Waals surface area contributed by atoms with E-state index in [1.165, 1.54) is 0 Å². The molecule has 1 aromatic rings. The topological polar surface area (TPSA) is 84.9 Å². The summed E-state index contributed by atoms with van der Waals surface area (Å²) >= 11 is 0. The van der Waals surface area contributed by atoms with Crippen molar-refractivity contribution in [3.05, 3.63) is 17.7 Å². The smallest absolute Gasteiger partial charge is 0.251 e. The summed E-state index contributed by atoms with van der Waals surface area (Å²) in [5.41, 5.74) is 0.984. The van der Waals surface area contributed by atoms with Gasteiger partial charge < -0.3 is 34.1 Å². The first kappa shape index (κ1) is 22.0. The molecule has 3 rings (SSSR count). The fourth-order valence-corrected chi connectivity index (χ4v) is 3.87. The van der Waals surface area contributed by atoms with Crippen molar-refractivity contribution in [2.24, 2.45) is 4.99 Å². The van der Waals surface area contributed by atoms with Crippen LogP contribution in [0, 0.1) is 0 Å². The Morgan fingerprint density at radius 1 is 1.10 bits per heavy atom. The van der Waals surface area contributed by atoms with Gasteiger partial charge in [-0.15, -0.1) is 0 Å². The van der Waals surface area contributed by atoms with Crippen molar-refractivity contribution in [3.8, 4) is 17.2 Å². The number of nitrogens with zero attached hydrogens (tertiary/aromatic N) is 3. The van der Waals surface area contributed by atoms with Gasteiger partial charge in [0.15, 0.2) is 17.5 Å². The first-order chi connectivity index (χ1) is 14.6. The summed E-state index contributed by atoms with van der Waals surface area (Å²) in [6.07, 6.45) is 1.54. The molecule has 0 saturated carbocycles. The van der Waals surface area contributed by atoms with Crippen LogP contribution in [-0.2, 0) is 16.1 Å². The highest BCUT2D eigenvalue weighted by Gasteiger charge is 2.30. The van der Waals surface area contributed by atoms with Crippen LogP contribution in [0.5, 0.6) is 17.2 Å². The molecule has 9 heteroatoms. The highest BCUT2D eigenvalue weighted by Crippen LogP contribution is 2.38. The molecule has 166 valence electrons. The van der Waals surface area contributed by atoms with E-state index in [-0.39, 0.29) is 12.0 Å². The highest BCUT2D eigenvalue weighted by atomic mass is 16.5. The zero-order valence-electron chi connectivity index (χ0n) is 18.3. The minimum absolute atomic E-state index is 0.118. The van der Waals surface area contributed by atoms with Gasteiger partial charge in [0.2, 0.25) is 5.75 Å². The van der Waals surface area contributed by atoms with Crippen LogP contribution in [0.25, 0.3) is 0 Å². The Labute approximate surface area is 177 Å². The van der Waals surface area contributed by atoms with Crippen LogP contribution in [0.1, 0.15) is 18.4 Å². The van der Waals surface area contributed by atoms with E-state index in [9.17, 15) is 4.79 Å². The van der Waals surface area contributed by atoms with E-state index in [4.69, 9.17) is 18.9 Å². The van der Waals surface area contributed by atoms with Gasteiger partial charge in [-0.3, -0.25) is 9.79 Å². The maximum Gasteiger partial charge on any atom is 0.251 e. The van der Waals surface area contributed by atoms with Gasteiger partial charge in [0.05, 0.1) is 21.3 Å². The monoisotopic (exact) mass is 420 g/mol. The third kappa shape index (κ3) is 4.89. The van der Waals surface area contributed by atoms with Crippen LogP contribution in [0.3, 0.4) is 0 Å². The van der Waals surface area contributed by atoms with E-state index in [0.717, 1.165) is 37.5 Å². The number of carbonyl (C=O) groups is 1. The molecule has 1 amide bonds. The number of aliphatic imine (C=N–C) groups is 1. The van der Waals surface area contributed by atoms with Crippen molar-refractivity contribution in [1.29, 1.82) is 0 Å². The minimum atomic E-state index is -0.256. The lowest BCUT2D eigenvalue weighted by atomic mass is 10.1. The van der Waals surface area contributed by atoms with Gasteiger partial charge in [-0.2, -0.15) is 0 Å². The molecule has 1 aromatic carbocycles. The molecule has 0 bridgehead atoms. The Bertz CT molecular complexity index is 731. The van der Waals surface area contributed by atoms with Crippen molar-refractivity contribution in [2.45, 2.75) is 25.5 Å². The van der Waals surface area contributed by atoms with E-state index < -0.39 is 0 Å². The molecule has 30 heavy (non-hydrogen) atoms. The highest BCUT2D eigenvalue weighted by molar-refractivity contribution is 5.82. The molecule has 1 N–H and O–H groups in total. The van der Waals surface area contributed by atoms with Crippen molar-refractivity contribution < 1.29 is 23.7 Å². The third-order valence-corrected chi connectivity index (χ3v) is 5.48. The summed E-state index contributed by atoms with van der Waals surface area (Å²) in [7, 11) is 6.56. The van der Waals surface area contributed by atoms with Gasteiger partial charge in [-0.1, -0.05) is 0 Å². The number of benzene rings is 1. The van der Waals surface area contributed by atoms with E-state index in [2.05, 4.69) is 15.2 Å². The van der Waals surface area contributed by atoms with Crippen molar-refractivity contribution in [3.63, 3.8) is 0 Å². The van der Waals surface area contributed by atoms with Gasteiger partial charge in [-0.05, 0) is 30.5 Å². The van der Waals surface area contributed by atoms with E-state index in [1.54, 1.807) is 28.4 Å². The summed E-state index contributed by atoms with van der Waals surface area (Å²) < 4.78 is 21.8. The number of piperazine rings is 1. The van der Waals surface area contributed by atoms with Gasteiger partial charge in [0, 0.05) is 46.4 Å². The van der Waals surface area contributed by atoms with Crippen LogP contribution in [0.2, 0.25) is 0 Å². The first-order valence-electron chi connectivity index (χ1n) is 10.3. The largest absolute Gasteiger partial charge is 0.493 e. The summed E-state index contributed by atoms with van der Waals surface area (Å²) in [4.78, 5) is 21.0. The van der Waals surface area contributed by atoms with Crippen LogP contribution < -0.4 is 19.5 Å². The standard InChI is InChI=1S/C21H32N4O5/c1-22-21(23-14-15-12-17(27-2)19(29-4)18(13-15)28-3)25-9-7-24(8-10-25)20(26)16-6-5-11-30-16/h12-13,16H,5-11,14H2,1-4H3,(H,22,23). The molecule has 1 unspecified atom stereocenters. The molecule has 0 radical (unpaired) electrons.